The van der Waals surface area contributed by atoms with Crippen LogP contribution in [-0.2, 0) is 4.79 Å². The van der Waals surface area contributed by atoms with Crippen molar-refractivity contribution in [1.82, 2.24) is 9.78 Å². The van der Waals surface area contributed by atoms with Gasteiger partial charge in [0.15, 0.2) is 5.71 Å². The molecule has 1 amide bonds. The lowest BCUT2D eigenvalue weighted by molar-refractivity contribution is -0.114. The summed E-state index contributed by atoms with van der Waals surface area (Å²) in [5.74, 6) is -0.380. The molecule has 148 valence electrons. The maximum Gasteiger partial charge on any atom is 0.283 e. The van der Waals surface area contributed by atoms with E-state index in [-0.39, 0.29) is 22.7 Å². The van der Waals surface area contributed by atoms with Crippen LogP contribution in [0.25, 0.3) is 16.6 Å². The van der Waals surface area contributed by atoms with Crippen LogP contribution in [0.3, 0.4) is 0 Å². The highest BCUT2D eigenvalue weighted by Gasteiger charge is 2.30. The first-order valence-corrected chi connectivity index (χ1v) is 9.19. The van der Waals surface area contributed by atoms with Gasteiger partial charge in [0.1, 0.15) is 6.07 Å². The third-order valence-corrected chi connectivity index (χ3v) is 4.54. The van der Waals surface area contributed by atoms with E-state index < -0.39 is 11.5 Å². The van der Waals surface area contributed by atoms with Gasteiger partial charge >= 0.3 is 0 Å². The van der Waals surface area contributed by atoms with Crippen molar-refractivity contribution in [3.05, 3.63) is 106 Å². The summed E-state index contributed by atoms with van der Waals surface area (Å²) in [5, 5.41) is 17.4. The zero-order chi connectivity index (χ0) is 21.8. The molecular weight excluding hydrogens is 392 g/mol. The maximum absolute atomic E-state index is 12.8. The smallest absolute Gasteiger partial charge is 0.283 e. The van der Waals surface area contributed by atoms with Crippen molar-refractivity contribution >= 4 is 29.2 Å². The first-order chi connectivity index (χ1) is 15.1. The number of aromatic amines is 1. The van der Waals surface area contributed by atoms with Crippen LogP contribution >= 0.6 is 0 Å². The van der Waals surface area contributed by atoms with Gasteiger partial charge in [0, 0.05) is 0 Å². The maximum atomic E-state index is 12.8. The number of hydrogen-bond donors (Lipinski definition) is 1. The number of rotatable bonds is 4. The van der Waals surface area contributed by atoms with Gasteiger partial charge in [-0.3, -0.25) is 9.59 Å². The minimum Gasteiger partial charge on any atom is -0.362 e. The summed E-state index contributed by atoms with van der Waals surface area (Å²) in [6, 6.07) is 19.6. The number of hydrogen-bond acceptors (Lipinski definition) is 4. The first-order valence-electron chi connectivity index (χ1n) is 9.19. The lowest BCUT2D eigenvalue weighted by atomic mass is 10.1. The van der Waals surface area contributed by atoms with E-state index >= 15 is 0 Å². The second-order valence-electron chi connectivity index (χ2n) is 6.41. The zero-order valence-corrected chi connectivity index (χ0v) is 16.1. The van der Waals surface area contributed by atoms with E-state index in [1.165, 1.54) is 22.9 Å². The number of aromatic nitrogens is 2. The molecule has 2 heterocycles. The molecule has 3 aromatic rings. The predicted octanol–water partition coefficient (Wildman–Crippen LogP) is 3.58. The van der Waals surface area contributed by atoms with Crippen LogP contribution in [0.15, 0.2) is 88.3 Å². The van der Waals surface area contributed by atoms with Gasteiger partial charge in [-0.1, -0.05) is 55.1 Å². The van der Waals surface area contributed by atoms with Crippen LogP contribution < -0.4 is 10.6 Å². The summed E-state index contributed by atoms with van der Waals surface area (Å²) in [6.45, 7) is 7.34. The van der Waals surface area contributed by atoms with Crippen LogP contribution in [0.1, 0.15) is 5.56 Å². The number of nitrogens with one attached hydrogen (secondary N) is 1. The van der Waals surface area contributed by atoms with Crippen molar-refractivity contribution < 1.29 is 4.79 Å². The number of anilines is 1. The third-order valence-electron chi connectivity index (χ3n) is 4.54. The number of carbonyl (C=O) groups is 1. The fourth-order valence-electron chi connectivity index (χ4n) is 3.07. The molecule has 1 aromatic heterocycles. The largest absolute Gasteiger partial charge is 0.362 e. The van der Waals surface area contributed by atoms with E-state index in [9.17, 15) is 14.9 Å². The van der Waals surface area contributed by atoms with E-state index in [0.29, 0.717) is 11.4 Å². The van der Waals surface area contributed by atoms with E-state index in [1.807, 2.05) is 18.2 Å². The molecule has 0 aliphatic carbocycles. The molecular formula is C23H14N6O2. The summed E-state index contributed by atoms with van der Waals surface area (Å²) in [4.78, 5) is 28.9. The van der Waals surface area contributed by atoms with Crippen molar-refractivity contribution in [3.63, 3.8) is 0 Å². The summed E-state index contributed by atoms with van der Waals surface area (Å²) in [7, 11) is 0. The van der Waals surface area contributed by atoms with Crippen LogP contribution in [-0.4, -0.2) is 21.4 Å². The zero-order valence-electron chi connectivity index (χ0n) is 16.1. The van der Waals surface area contributed by atoms with Crippen LogP contribution in [0.5, 0.6) is 0 Å². The standard InChI is InChI=1S/C23H14N6O2/c1-25-21-19(23(31)29(27-21)17-11-6-3-7-12-17)14-8-13-18-20(15-24)26-28(22(18)30)16-9-4-2-5-10-16/h2-14,27H. The highest BCUT2D eigenvalue weighted by Crippen LogP contribution is 2.23. The average Bonchev–Trinajstić information content (AvgIpc) is 3.31. The van der Waals surface area contributed by atoms with Gasteiger partial charge in [-0.25, -0.2) is 5.10 Å². The molecule has 0 saturated heterocycles. The molecule has 4 rings (SSSR count). The Labute approximate surface area is 177 Å². The molecule has 1 aliphatic rings. The van der Waals surface area contributed by atoms with Crippen LogP contribution in [0.4, 0.5) is 11.5 Å². The second-order valence-corrected chi connectivity index (χ2v) is 6.41. The molecule has 0 fully saturated rings. The average molecular weight is 406 g/mol. The number of nitriles is 1. The molecule has 0 radical (unpaired) electrons. The number of para-hydroxylation sites is 2. The quantitative estimate of drug-likeness (QED) is 0.529. The fourth-order valence-corrected chi connectivity index (χ4v) is 3.07. The monoisotopic (exact) mass is 406 g/mol. The summed E-state index contributed by atoms with van der Waals surface area (Å²) in [5.41, 5.74) is 0.963. The van der Waals surface area contributed by atoms with Gasteiger partial charge in [0.25, 0.3) is 17.3 Å². The Balaban J connectivity index is 1.67. The third kappa shape index (κ3) is 3.57. The highest BCUT2D eigenvalue weighted by molar-refractivity contribution is 6.35. The summed E-state index contributed by atoms with van der Waals surface area (Å²) < 4.78 is 1.28. The SMILES string of the molecule is [C-]#[N+]c1[nH]n(-c2ccccc2)c(=O)c1C=CC=C1C(=O)N(c2ccccc2)N=C1C#N. The molecule has 0 atom stereocenters. The van der Waals surface area contributed by atoms with Gasteiger partial charge in [-0.05, 0) is 30.3 Å². The Morgan fingerprint density at radius 3 is 2.29 bits per heavy atom. The molecule has 0 bridgehead atoms. The molecule has 1 N–H and O–H groups in total. The molecule has 2 aromatic carbocycles. The lowest BCUT2D eigenvalue weighted by Gasteiger charge is -2.10. The van der Waals surface area contributed by atoms with Gasteiger partial charge in [0.2, 0.25) is 0 Å². The van der Waals surface area contributed by atoms with Crippen molar-refractivity contribution in [2.75, 3.05) is 5.01 Å². The second kappa shape index (κ2) is 8.19. The van der Waals surface area contributed by atoms with Crippen LogP contribution in [0.2, 0.25) is 0 Å². The minimum atomic E-state index is -0.450. The van der Waals surface area contributed by atoms with Crippen molar-refractivity contribution in [2.24, 2.45) is 5.10 Å². The van der Waals surface area contributed by atoms with Crippen molar-refractivity contribution in [3.8, 4) is 11.8 Å². The molecule has 0 unspecified atom stereocenters. The normalized spacial score (nSPS) is 14.6. The minimum absolute atomic E-state index is 0.0281. The number of hydrazone groups is 1. The molecule has 1 aliphatic heterocycles. The molecule has 8 nitrogen and oxygen atoms in total. The predicted molar refractivity (Wildman–Crippen MR) is 117 cm³/mol. The van der Waals surface area contributed by atoms with E-state index in [1.54, 1.807) is 48.5 Å². The topological polar surface area (TPSA) is 98.6 Å². The Morgan fingerprint density at radius 1 is 1.03 bits per heavy atom. The Kier molecular flexibility index (Phi) is 5.12. The first kappa shape index (κ1) is 19.4. The number of carbonyl (C=O) groups excluding carboxylic acids is 1. The molecule has 8 heteroatoms. The van der Waals surface area contributed by atoms with Crippen molar-refractivity contribution in [2.45, 2.75) is 0 Å². The number of benzene rings is 2. The van der Waals surface area contributed by atoms with E-state index in [0.717, 1.165) is 5.01 Å². The van der Waals surface area contributed by atoms with Crippen molar-refractivity contribution in [1.29, 1.82) is 5.26 Å². The Hall–Kier alpha value is -4.95. The lowest BCUT2D eigenvalue weighted by Crippen LogP contribution is -2.21. The van der Waals surface area contributed by atoms with Gasteiger partial charge in [-0.2, -0.15) is 20.1 Å². The Morgan fingerprint density at radius 2 is 1.68 bits per heavy atom. The fraction of sp³-hybridized carbons (Fsp3) is 0. The number of nitrogens with zero attached hydrogens (tertiary/aromatic N) is 5. The van der Waals surface area contributed by atoms with Gasteiger partial charge in [0.05, 0.1) is 22.5 Å². The molecule has 0 spiro atoms. The van der Waals surface area contributed by atoms with Crippen LogP contribution in [0, 0.1) is 17.9 Å². The number of H-pyrrole nitrogens is 1. The molecule has 0 saturated carbocycles. The van der Waals surface area contributed by atoms with Gasteiger partial charge in [-0.15, -0.1) is 0 Å². The van der Waals surface area contributed by atoms with E-state index in [2.05, 4.69) is 15.0 Å². The highest BCUT2D eigenvalue weighted by atomic mass is 16.2. The summed E-state index contributed by atoms with van der Waals surface area (Å²) in [6.07, 6.45) is 4.32. The van der Waals surface area contributed by atoms with Gasteiger partial charge < -0.3 is 4.85 Å². The number of amides is 1. The molecule has 31 heavy (non-hydrogen) atoms. The number of allylic oxidation sites excluding steroid dienone is 2. The summed E-state index contributed by atoms with van der Waals surface area (Å²) >= 11 is 0. The van der Waals surface area contributed by atoms with E-state index in [4.69, 9.17) is 6.57 Å². The Bertz CT molecular complexity index is 1380.